The van der Waals surface area contributed by atoms with E-state index in [9.17, 15) is 9.59 Å². The highest BCUT2D eigenvalue weighted by atomic mass is 16.6. The van der Waals surface area contributed by atoms with Crippen LogP contribution in [0, 0.1) is 5.92 Å². The second-order valence-corrected chi connectivity index (χ2v) is 5.67. The Morgan fingerprint density at radius 1 is 1.29 bits per heavy atom. The van der Waals surface area contributed by atoms with E-state index in [0.29, 0.717) is 13.1 Å². The van der Waals surface area contributed by atoms with E-state index in [4.69, 9.17) is 4.74 Å². The largest absolute Gasteiger partial charge is 0.444 e. The number of hydrogen-bond donors (Lipinski definition) is 1. The molecule has 0 spiro atoms. The number of carbonyl (C=O) groups is 2. The zero-order valence-electron chi connectivity index (χ0n) is 11.2. The van der Waals surface area contributed by atoms with Gasteiger partial charge in [-0.25, -0.2) is 4.79 Å². The minimum Gasteiger partial charge on any atom is -0.444 e. The minimum absolute atomic E-state index is 0.0278. The Hall–Kier alpha value is -1.26. The fourth-order valence-electron chi connectivity index (χ4n) is 1.89. The van der Waals surface area contributed by atoms with Gasteiger partial charge < -0.3 is 15.0 Å². The molecule has 0 aromatic heterocycles. The lowest BCUT2D eigenvalue weighted by atomic mass is 10.1. The topological polar surface area (TPSA) is 58.6 Å². The number of likely N-dealkylation sites (tertiary alicyclic amines) is 1. The number of rotatable bonds is 1. The van der Waals surface area contributed by atoms with Crippen molar-refractivity contribution in [2.75, 3.05) is 13.1 Å². The maximum atomic E-state index is 11.8. The normalized spacial score (nSPS) is 24.6. The molecule has 0 radical (unpaired) electrons. The first-order chi connectivity index (χ1) is 7.69. The second-order valence-electron chi connectivity index (χ2n) is 5.67. The molecule has 5 nitrogen and oxygen atoms in total. The van der Waals surface area contributed by atoms with Crippen molar-refractivity contribution in [1.29, 1.82) is 0 Å². The molecule has 0 aromatic carbocycles. The highest BCUT2D eigenvalue weighted by Gasteiger charge is 2.34. The fraction of sp³-hybridized carbons (Fsp3) is 0.833. The summed E-state index contributed by atoms with van der Waals surface area (Å²) >= 11 is 0. The number of carbonyl (C=O) groups excluding carboxylic acids is 2. The molecule has 1 aliphatic rings. The maximum Gasteiger partial charge on any atom is 0.410 e. The monoisotopic (exact) mass is 242 g/mol. The average molecular weight is 242 g/mol. The second kappa shape index (κ2) is 4.94. The fourth-order valence-corrected chi connectivity index (χ4v) is 1.89. The van der Waals surface area contributed by atoms with Crippen LogP contribution in [0.3, 0.4) is 0 Å². The molecule has 1 saturated heterocycles. The van der Waals surface area contributed by atoms with Crippen LogP contribution in [-0.2, 0) is 9.53 Å². The molecule has 0 bridgehead atoms. The van der Waals surface area contributed by atoms with E-state index >= 15 is 0 Å². The van der Waals surface area contributed by atoms with E-state index in [-0.39, 0.29) is 24.0 Å². The zero-order valence-corrected chi connectivity index (χ0v) is 11.2. The van der Waals surface area contributed by atoms with Crippen LogP contribution in [0.5, 0.6) is 0 Å². The van der Waals surface area contributed by atoms with E-state index in [0.717, 1.165) is 0 Å². The molecule has 2 amide bonds. The Morgan fingerprint density at radius 2 is 1.88 bits per heavy atom. The van der Waals surface area contributed by atoms with Crippen LogP contribution in [0.25, 0.3) is 0 Å². The van der Waals surface area contributed by atoms with E-state index in [1.165, 1.54) is 6.92 Å². The quantitative estimate of drug-likeness (QED) is 0.755. The number of ether oxygens (including phenoxy) is 1. The van der Waals surface area contributed by atoms with Gasteiger partial charge in [-0.1, -0.05) is 6.92 Å². The van der Waals surface area contributed by atoms with Crippen molar-refractivity contribution in [2.24, 2.45) is 5.92 Å². The molecule has 0 aliphatic carbocycles. The van der Waals surface area contributed by atoms with Gasteiger partial charge >= 0.3 is 6.09 Å². The highest BCUT2D eigenvalue weighted by Crippen LogP contribution is 2.19. The summed E-state index contributed by atoms with van der Waals surface area (Å²) < 4.78 is 5.30. The summed E-state index contributed by atoms with van der Waals surface area (Å²) in [5.41, 5.74) is -0.480. The van der Waals surface area contributed by atoms with Gasteiger partial charge in [0.1, 0.15) is 5.60 Å². The molecule has 1 fully saturated rings. The maximum absolute atomic E-state index is 11.8. The summed E-state index contributed by atoms with van der Waals surface area (Å²) in [5, 5.41) is 2.85. The zero-order chi connectivity index (χ0) is 13.2. The Morgan fingerprint density at radius 3 is 2.35 bits per heavy atom. The van der Waals surface area contributed by atoms with Crippen molar-refractivity contribution in [1.82, 2.24) is 10.2 Å². The van der Waals surface area contributed by atoms with Gasteiger partial charge in [0.05, 0.1) is 6.04 Å². The average Bonchev–Trinajstić information content (AvgIpc) is 2.44. The Balaban J connectivity index is 2.53. The summed E-state index contributed by atoms with van der Waals surface area (Å²) in [4.78, 5) is 24.5. The Bertz CT molecular complexity index is 309. The molecule has 0 aromatic rings. The lowest BCUT2D eigenvalue weighted by Crippen LogP contribution is -2.40. The summed E-state index contributed by atoms with van der Waals surface area (Å²) in [6, 6.07) is 0.0278. The molecule has 98 valence electrons. The predicted octanol–water partition coefficient (Wildman–Crippen LogP) is 1.38. The predicted molar refractivity (Wildman–Crippen MR) is 64.6 cm³/mol. The van der Waals surface area contributed by atoms with Crippen LogP contribution in [-0.4, -0.2) is 41.6 Å². The van der Waals surface area contributed by atoms with Gasteiger partial charge in [0.25, 0.3) is 0 Å². The molecule has 2 unspecified atom stereocenters. The molecule has 2 atom stereocenters. The summed E-state index contributed by atoms with van der Waals surface area (Å²) in [7, 11) is 0. The third kappa shape index (κ3) is 4.24. The van der Waals surface area contributed by atoms with Gasteiger partial charge in [0, 0.05) is 20.0 Å². The highest BCUT2D eigenvalue weighted by molar-refractivity contribution is 5.74. The lowest BCUT2D eigenvalue weighted by Gasteiger charge is -2.24. The van der Waals surface area contributed by atoms with E-state index in [2.05, 4.69) is 5.32 Å². The van der Waals surface area contributed by atoms with Crippen molar-refractivity contribution in [3.8, 4) is 0 Å². The van der Waals surface area contributed by atoms with Crippen LogP contribution >= 0.6 is 0 Å². The SMILES string of the molecule is CC(=O)NC1CN(C(=O)OC(C)(C)C)CC1C. The molecule has 1 aliphatic heterocycles. The summed E-state index contributed by atoms with van der Waals surface area (Å²) in [6.45, 7) is 10.2. The van der Waals surface area contributed by atoms with Crippen LogP contribution < -0.4 is 5.32 Å². The van der Waals surface area contributed by atoms with Gasteiger partial charge in [0.15, 0.2) is 0 Å². The number of amides is 2. The first-order valence-electron chi connectivity index (χ1n) is 5.94. The van der Waals surface area contributed by atoms with Crippen molar-refractivity contribution in [3.63, 3.8) is 0 Å². The van der Waals surface area contributed by atoms with Crippen molar-refractivity contribution in [3.05, 3.63) is 0 Å². The van der Waals surface area contributed by atoms with Crippen LogP contribution in [0.4, 0.5) is 4.79 Å². The number of hydrogen-bond acceptors (Lipinski definition) is 3. The van der Waals surface area contributed by atoms with Gasteiger partial charge in [-0.3, -0.25) is 4.79 Å². The Kier molecular flexibility index (Phi) is 4.01. The molecule has 0 saturated carbocycles. The first kappa shape index (κ1) is 13.8. The molecule has 17 heavy (non-hydrogen) atoms. The van der Waals surface area contributed by atoms with Gasteiger partial charge in [0.2, 0.25) is 5.91 Å². The lowest BCUT2D eigenvalue weighted by molar-refractivity contribution is -0.119. The van der Waals surface area contributed by atoms with E-state index < -0.39 is 5.60 Å². The van der Waals surface area contributed by atoms with Gasteiger partial charge in [-0.05, 0) is 26.7 Å². The third-order valence-electron chi connectivity index (χ3n) is 2.65. The molecule has 1 N–H and O–H groups in total. The first-order valence-corrected chi connectivity index (χ1v) is 5.94. The molecule has 5 heteroatoms. The van der Waals surface area contributed by atoms with Gasteiger partial charge in [-0.15, -0.1) is 0 Å². The number of nitrogens with one attached hydrogen (secondary N) is 1. The molecular formula is C12H22N2O3. The van der Waals surface area contributed by atoms with Crippen LogP contribution in [0.1, 0.15) is 34.6 Å². The molecule has 1 heterocycles. The molecular weight excluding hydrogens is 220 g/mol. The van der Waals surface area contributed by atoms with Gasteiger partial charge in [-0.2, -0.15) is 0 Å². The van der Waals surface area contributed by atoms with E-state index in [1.54, 1.807) is 4.90 Å². The van der Waals surface area contributed by atoms with Crippen molar-refractivity contribution in [2.45, 2.75) is 46.3 Å². The van der Waals surface area contributed by atoms with Crippen molar-refractivity contribution >= 4 is 12.0 Å². The molecule has 1 rings (SSSR count). The smallest absolute Gasteiger partial charge is 0.410 e. The standard InChI is InChI=1S/C12H22N2O3/c1-8-6-14(7-10(8)13-9(2)15)11(16)17-12(3,4)5/h8,10H,6-7H2,1-5H3,(H,13,15). The Labute approximate surface area is 102 Å². The van der Waals surface area contributed by atoms with Crippen LogP contribution in [0.2, 0.25) is 0 Å². The third-order valence-corrected chi connectivity index (χ3v) is 2.65. The van der Waals surface area contributed by atoms with Crippen LogP contribution in [0.15, 0.2) is 0 Å². The van der Waals surface area contributed by atoms with E-state index in [1.807, 2.05) is 27.7 Å². The number of nitrogens with zero attached hydrogens (tertiary/aromatic N) is 1. The summed E-state index contributed by atoms with van der Waals surface area (Å²) in [5.74, 6) is 0.194. The summed E-state index contributed by atoms with van der Waals surface area (Å²) in [6.07, 6.45) is -0.308. The minimum atomic E-state index is -0.480. The van der Waals surface area contributed by atoms with Crippen molar-refractivity contribution < 1.29 is 14.3 Å².